The minimum atomic E-state index is -0.363. The molecule has 0 saturated carbocycles. The van der Waals surface area contributed by atoms with Crippen molar-refractivity contribution in [2.45, 2.75) is 6.42 Å². The highest BCUT2D eigenvalue weighted by atomic mass is 16.6. The van der Waals surface area contributed by atoms with Crippen molar-refractivity contribution in [1.82, 2.24) is 4.90 Å². The number of ether oxygens (including phenoxy) is 2. The fourth-order valence-corrected chi connectivity index (χ4v) is 1.40. The van der Waals surface area contributed by atoms with E-state index in [0.29, 0.717) is 6.54 Å². The first-order valence-corrected chi connectivity index (χ1v) is 5.13. The van der Waals surface area contributed by atoms with E-state index in [4.69, 9.17) is 4.74 Å². The van der Waals surface area contributed by atoms with E-state index in [0.717, 1.165) is 6.42 Å². The van der Waals surface area contributed by atoms with E-state index in [1.54, 1.807) is 7.11 Å². The summed E-state index contributed by atoms with van der Waals surface area (Å²) >= 11 is 0. The second-order valence-electron chi connectivity index (χ2n) is 3.39. The van der Waals surface area contributed by atoms with Gasteiger partial charge in [-0.15, -0.1) is 0 Å². The van der Waals surface area contributed by atoms with Crippen LogP contribution in [0, 0.1) is 0 Å². The molecule has 1 aromatic carbocycles. The SMILES string of the molecule is COCN(CCc1ccccc1)C(=O)OC. The van der Waals surface area contributed by atoms with E-state index < -0.39 is 0 Å². The molecule has 4 heteroatoms. The Hall–Kier alpha value is -1.55. The lowest BCUT2D eigenvalue weighted by atomic mass is 10.1. The Bertz CT molecular complexity index is 313. The Morgan fingerprint density at radius 3 is 2.50 bits per heavy atom. The quantitative estimate of drug-likeness (QED) is 0.716. The molecule has 0 fully saturated rings. The standard InChI is InChI=1S/C12H17NO3/c1-15-10-13(12(14)16-2)9-8-11-6-4-3-5-7-11/h3-7H,8-10H2,1-2H3. The third-order valence-electron chi connectivity index (χ3n) is 2.23. The molecule has 0 bridgehead atoms. The van der Waals surface area contributed by atoms with Crippen molar-refractivity contribution < 1.29 is 14.3 Å². The Morgan fingerprint density at radius 1 is 1.25 bits per heavy atom. The first kappa shape index (κ1) is 12.5. The van der Waals surface area contributed by atoms with Crippen LogP contribution >= 0.6 is 0 Å². The highest BCUT2D eigenvalue weighted by Gasteiger charge is 2.12. The van der Waals surface area contributed by atoms with E-state index in [2.05, 4.69) is 4.74 Å². The van der Waals surface area contributed by atoms with Gasteiger partial charge in [0.1, 0.15) is 6.73 Å². The number of benzene rings is 1. The molecule has 0 atom stereocenters. The molecule has 0 saturated heterocycles. The first-order valence-electron chi connectivity index (χ1n) is 5.13. The van der Waals surface area contributed by atoms with Crippen molar-refractivity contribution >= 4 is 6.09 Å². The maximum atomic E-state index is 11.3. The van der Waals surface area contributed by atoms with E-state index in [1.165, 1.54) is 17.6 Å². The molecule has 1 rings (SSSR count). The summed E-state index contributed by atoms with van der Waals surface area (Å²) in [5, 5.41) is 0. The maximum absolute atomic E-state index is 11.3. The van der Waals surface area contributed by atoms with Gasteiger partial charge in [-0.25, -0.2) is 4.79 Å². The summed E-state index contributed by atoms with van der Waals surface area (Å²) in [5.41, 5.74) is 1.19. The van der Waals surface area contributed by atoms with Gasteiger partial charge >= 0.3 is 6.09 Å². The molecule has 4 nitrogen and oxygen atoms in total. The number of carbonyl (C=O) groups excluding carboxylic acids is 1. The summed E-state index contributed by atoms with van der Waals surface area (Å²) in [6.07, 6.45) is 0.428. The number of hydrogen-bond acceptors (Lipinski definition) is 3. The molecule has 88 valence electrons. The number of methoxy groups -OCH3 is 2. The summed E-state index contributed by atoms with van der Waals surface area (Å²) in [4.78, 5) is 12.9. The average molecular weight is 223 g/mol. The third kappa shape index (κ3) is 3.90. The minimum absolute atomic E-state index is 0.250. The van der Waals surface area contributed by atoms with Crippen molar-refractivity contribution in [3.63, 3.8) is 0 Å². The van der Waals surface area contributed by atoms with Crippen LogP contribution in [0.15, 0.2) is 30.3 Å². The normalized spacial score (nSPS) is 9.88. The van der Waals surface area contributed by atoms with Crippen LogP contribution < -0.4 is 0 Å². The zero-order valence-corrected chi connectivity index (χ0v) is 9.68. The summed E-state index contributed by atoms with van der Waals surface area (Å²) in [6, 6.07) is 9.99. The molecule has 0 aliphatic heterocycles. The molecule has 1 aromatic rings. The maximum Gasteiger partial charge on any atom is 0.411 e. The number of hydrogen-bond donors (Lipinski definition) is 0. The van der Waals surface area contributed by atoms with Gasteiger partial charge in [-0.1, -0.05) is 30.3 Å². The molecule has 0 unspecified atom stereocenters. The van der Waals surface area contributed by atoms with Gasteiger partial charge in [0.25, 0.3) is 0 Å². The molecule has 0 aliphatic rings. The molecule has 0 heterocycles. The van der Waals surface area contributed by atoms with Gasteiger partial charge in [0, 0.05) is 13.7 Å². The van der Waals surface area contributed by atoms with Crippen LogP contribution in [0.3, 0.4) is 0 Å². The van der Waals surface area contributed by atoms with Crippen molar-refractivity contribution in [3.05, 3.63) is 35.9 Å². The Balaban J connectivity index is 2.47. The Morgan fingerprint density at radius 2 is 1.94 bits per heavy atom. The summed E-state index contributed by atoms with van der Waals surface area (Å²) < 4.78 is 9.60. The van der Waals surface area contributed by atoms with Crippen molar-refractivity contribution in [1.29, 1.82) is 0 Å². The molecule has 0 aromatic heterocycles. The van der Waals surface area contributed by atoms with Crippen molar-refractivity contribution in [2.75, 3.05) is 27.5 Å². The monoisotopic (exact) mass is 223 g/mol. The van der Waals surface area contributed by atoms with Crippen LogP contribution in [0.5, 0.6) is 0 Å². The van der Waals surface area contributed by atoms with Crippen LogP contribution in [-0.2, 0) is 15.9 Å². The molecule has 16 heavy (non-hydrogen) atoms. The van der Waals surface area contributed by atoms with E-state index >= 15 is 0 Å². The smallest absolute Gasteiger partial charge is 0.411 e. The molecule has 0 N–H and O–H groups in total. The van der Waals surface area contributed by atoms with E-state index in [9.17, 15) is 4.79 Å². The first-order chi connectivity index (χ1) is 7.77. The van der Waals surface area contributed by atoms with Gasteiger partial charge < -0.3 is 9.47 Å². The lowest BCUT2D eigenvalue weighted by Crippen LogP contribution is -2.34. The second kappa shape index (κ2) is 6.85. The number of amides is 1. The molecule has 0 radical (unpaired) electrons. The van der Waals surface area contributed by atoms with Crippen LogP contribution in [0.1, 0.15) is 5.56 Å². The van der Waals surface area contributed by atoms with Gasteiger partial charge in [-0.2, -0.15) is 0 Å². The number of nitrogens with zero attached hydrogens (tertiary/aromatic N) is 1. The van der Waals surface area contributed by atoms with Gasteiger partial charge in [-0.3, -0.25) is 4.90 Å². The highest BCUT2D eigenvalue weighted by Crippen LogP contribution is 2.02. The molecule has 0 spiro atoms. The highest BCUT2D eigenvalue weighted by molar-refractivity contribution is 5.67. The molecule has 0 aliphatic carbocycles. The lowest BCUT2D eigenvalue weighted by molar-refractivity contribution is 0.0513. The predicted molar refractivity (Wildman–Crippen MR) is 61.1 cm³/mol. The van der Waals surface area contributed by atoms with Gasteiger partial charge in [0.15, 0.2) is 0 Å². The Labute approximate surface area is 95.8 Å². The zero-order valence-electron chi connectivity index (χ0n) is 9.68. The van der Waals surface area contributed by atoms with Crippen LogP contribution in [0.25, 0.3) is 0 Å². The van der Waals surface area contributed by atoms with Gasteiger partial charge in [0.2, 0.25) is 0 Å². The summed E-state index contributed by atoms with van der Waals surface area (Å²) in [5.74, 6) is 0. The van der Waals surface area contributed by atoms with Gasteiger partial charge in [0.05, 0.1) is 7.11 Å². The van der Waals surface area contributed by atoms with E-state index in [-0.39, 0.29) is 12.8 Å². The van der Waals surface area contributed by atoms with Crippen molar-refractivity contribution in [2.24, 2.45) is 0 Å². The van der Waals surface area contributed by atoms with Crippen LogP contribution in [0.4, 0.5) is 4.79 Å². The average Bonchev–Trinajstić information content (AvgIpc) is 2.34. The van der Waals surface area contributed by atoms with Crippen molar-refractivity contribution in [3.8, 4) is 0 Å². The minimum Gasteiger partial charge on any atom is -0.453 e. The second-order valence-corrected chi connectivity index (χ2v) is 3.39. The van der Waals surface area contributed by atoms with Gasteiger partial charge in [-0.05, 0) is 12.0 Å². The molecular weight excluding hydrogens is 206 g/mol. The fourth-order valence-electron chi connectivity index (χ4n) is 1.40. The van der Waals surface area contributed by atoms with Crippen LogP contribution in [0.2, 0.25) is 0 Å². The molecule has 1 amide bonds. The fraction of sp³-hybridized carbons (Fsp3) is 0.417. The summed E-state index contributed by atoms with van der Waals surface area (Å²) in [7, 11) is 2.92. The molecular formula is C12H17NO3. The number of rotatable bonds is 5. The number of carbonyl (C=O) groups is 1. The zero-order chi connectivity index (χ0) is 11.8. The summed E-state index contributed by atoms with van der Waals surface area (Å²) in [6.45, 7) is 0.837. The van der Waals surface area contributed by atoms with E-state index in [1.807, 2.05) is 30.3 Å². The third-order valence-corrected chi connectivity index (χ3v) is 2.23. The Kier molecular flexibility index (Phi) is 5.36. The van der Waals surface area contributed by atoms with Crippen LogP contribution in [-0.4, -0.2) is 38.5 Å². The predicted octanol–water partition coefficient (Wildman–Crippen LogP) is 1.90. The lowest BCUT2D eigenvalue weighted by Gasteiger charge is -2.19. The topological polar surface area (TPSA) is 38.8 Å². The largest absolute Gasteiger partial charge is 0.453 e.